The van der Waals surface area contributed by atoms with Crippen molar-refractivity contribution in [3.8, 4) is 35.2 Å². The molecule has 3 saturated heterocycles. The zero-order valence-corrected chi connectivity index (χ0v) is 29.6. The lowest BCUT2D eigenvalue weighted by Gasteiger charge is -2.59. The highest BCUT2D eigenvalue weighted by Gasteiger charge is 2.55. The van der Waals surface area contributed by atoms with Crippen LogP contribution in [0.2, 0.25) is 0 Å². The Balaban J connectivity index is 1.12. The normalized spacial score (nSPS) is 23.5. The number of benzene rings is 3. The molecule has 2 aliphatic carbocycles. The summed E-state index contributed by atoms with van der Waals surface area (Å²) in [5.74, 6) is 1.81. The van der Waals surface area contributed by atoms with E-state index in [0.717, 1.165) is 71.2 Å². The fraction of sp³-hybridized carbons (Fsp3) is 0.512. The SMILES string of the molecule is C#Cc1c(F)ccc2cc(O)cc(-c3c(C(C)C)cc4c(N5CC6CCC(C5)N6)nc(OCC5(CN6CC7(CC(OC)C7)C6)CC5)nc4c3F)c12. The van der Waals surface area contributed by atoms with Crippen molar-refractivity contribution in [2.45, 2.75) is 76.5 Å². The molecule has 2 unspecified atom stereocenters. The number of likely N-dealkylation sites (tertiary alicyclic amines) is 1. The number of hydrogen-bond donors (Lipinski definition) is 2. The average molecular weight is 694 g/mol. The van der Waals surface area contributed by atoms with Crippen molar-refractivity contribution in [2.24, 2.45) is 10.8 Å². The second-order valence-corrected chi connectivity index (χ2v) is 16.4. The molecule has 2 atom stereocenters. The molecule has 51 heavy (non-hydrogen) atoms. The van der Waals surface area contributed by atoms with Crippen LogP contribution in [-0.2, 0) is 4.74 Å². The first kappa shape index (κ1) is 32.8. The summed E-state index contributed by atoms with van der Waals surface area (Å²) in [5, 5.41) is 16.0. The third kappa shape index (κ3) is 5.60. The largest absolute Gasteiger partial charge is 0.508 e. The number of rotatable bonds is 9. The van der Waals surface area contributed by atoms with Crippen LogP contribution in [0.4, 0.5) is 14.6 Å². The number of fused-ring (bicyclic) bond motifs is 4. The second-order valence-electron chi connectivity index (χ2n) is 16.4. The van der Waals surface area contributed by atoms with Gasteiger partial charge in [-0.2, -0.15) is 9.97 Å². The number of phenolic OH excluding ortho intramolecular Hbond substituents is 1. The molecule has 2 saturated carbocycles. The summed E-state index contributed by atoms with van der Waals surface area (Å²) in [5.41, 5.74) is 1.91. The zero-order chi connectivity index (χ0) is 35.2. The van der Waals surface area contributed by atoms with Gasteiger partial charge in [0.15, 0.2) is 5.82 Å². The smallest absolute Gasteiger partial charge is 0.319 e. The number of aromatic nitrogens is 2. The van der Waals surface area contributed by atoms with Crippen LogP contribution >= 0.6 is 0 Å². The Morgan fingerprint density at radius 2 is 1.82 bits per heavy atom. The minimum absolute atomic E-state index is 0.0269. The summed E-state index contributed by atoms with van der Waals surface area (Å²) in [7, 11) is 1.80. The van der Waals surface area contributed by atoms with E-state index in [1.807, 2.05) is 19.9 Å². The molecule has 5 fully saturated rings. The Hall–Kier alpha value is -4.04. The highest BCUT2D eigenvalue weighted by atomic mass is 19.1. The molecule has 2 bridgehead atoms. The summed E-state index contributed by atoms with van der Waals surface area (Å²) >= 11 is 0. The number of nitrogens with one attached hydrogen (secondary N) is 1. The van der Waals surface area contributed by atoms with Crippen LogP contribution in [0.5, 0.6) is 11.8 Å². The van der Waals surface area contributed by atoms with Crippen LogP contribution in [0.15, 0.2) is 30.3 Å². The van der Waals surface area contributed by atoms with Crippen molar-refractivity contribution in [3.05, 3.63) is 53.1 Å². The van der Waals surface area contributed by atoms with Crippen LogP contribution in [0, 0.1) is 34.8 Å². The van der Waals surface area contributed by atoms with Gasteiger partial charge < -0.3 is 29.7 Å². The summed E-state index contributed by atoms with van der Waals surface area (Å²) in [4.78, 5) is 14.6. The lowest BCUT2D eigenvalue weighted by Crippen LogP contribution is -2.64. The maximum absolute atomic E-state index is 17.5. The number of methoxy groups -OCH3 is 1. The number of hydrogen-bond acceptors (Lipinski definition) is 8. The molecule has 5 aliphatic rings. The van der Waals surface area contributed by atoms with E-state index in [1.165, 1.54) is 18.2 Å². The molecule has 9 rings (SSSR count). The molecule has 2 N–H and O–H groups in total. The molecule has 4 aromatic rings. The lowest BCUT2D eigenvalue weighted by molar-refractivity contribution is -0.145. The predicted molar refractivity (Wildman–Crippen MR) is 194 cm³/mol. The number of nitrogens with zero attached hydrogens (tertiary/aromatic N) is 4. The van der Waals surface area contributed by atoms with Gasteiger partial charge in [-0.25, -0.2) is 8.78 Å². The molecule has 1 spiro atoms. The average Bonchev–Trinajstić information content (AvgIpc) is 3.77. The van der Waals surface area contributed by atoms with E-state index in [4.69, 9.17) is 25.9 Å². The number of phenols is 1. The molecule has 3 aliphatic heterocycles. The van der Waals surface area contributed by atoms with Crippen LogP contribution in [0.3, 0.4) is 0 Å². The van der Waals surface area contributed by atoms with Crippen LogP contribution in [0.25, 0.3) is 32.8 Å². The second kappa shape index (κ2) is 12.0. The highest BCUT2D eigenvalue weighted by Crippen LogP contribution is 2.53. The number of anilines is 1. The lowest BCUT2D eigenvalue weighted by atomic mass is 9.61. The standard InChI is InChI=1S/C41H45F2N5O3/c1-5-29-33(42)9-6-24-12-27(49)13-31(34(24)29)35-30(23(2)3)14-32-37(36(35)43)45-39(46-38(32)48-17-25-7-8-26(18-48)44-25)51-22-40(10-11-40)19-47-20-41(21-47)15-28(16-41)50-4/h1,6,9,12-14,23,25-26,28,44,49H,7-8,10-11,15-22H2,2-4H3. The summed E-state index contributed by atoms with van der Waals surface area (Å²) < 4.78 is 44.7. The molecule has 0 amide bonds. The van der Waals surface area contributed by atoms with Gasteiger partial charge in [0.2, 0.25) is 0 Å². The molecular formula is C41H45F2N5O3. The molecule has 266 valence electrons. The first-order chi connectivity index (χ1) is 24.6. The molecule has 3 aromatic carbocycles. The van der Waals surface area contributed by atoms with Gasteiger partial charge in [-0.3, -0.25) is 0 Å². The minimum atomic E-state index is -0.577. The van der Waals surface area contributed by atoms with Crippen molar-refractivity contribution in [1.29, 1.82) is 0 Å². The Morgan fingerprint density at radius 1 is 1.08 bits per heavy atom. The third-order valence-corrected chi connectivity index (χ3v) is 12.3. The minimum Gasteiger partial charge on any atom is -0.508 e. The van der Waals surface area contributed by atoms with Gasteiger partial charge in [0.25, 0.3) is 0 Å². The maximum Gasteiger partial charge on any atom is 0.319 e. The first-order valence-corrected chi connectivity index (χ1v) is 18.4. The van der Waals surface area contributed by atoms with E-state index in [0.29, 0.717) is 63.3 Å². The predicted octanol–water partition coefficient (Wildman–Crippen LogP) is 6.75. The fourth-order valence-corrected chi connectivity index (χ4v) is 9.54. The number of halogens is 2. The number of ether oxygens (including phenoxy) is 2. The molecule has 8 nitrogen and oxygen atoms in total. The summed E-state index contributed by atoms with van der Waals surface area (Å²) in [6.07, 6.45) is 12.9. The van der Waals surface area contributed by atoms with E-state index in [9.17, 15) is 5.11 Å². The Labute approximate surface area is 297 Å². The van der Waals surface area contributed by atoms with Crippen LogP contribution in [0.1, 0.15) is 69.4 Å². The quantitative estimate of drug-likeness (QED) is 0.187. The maximum atomic E-state index is 17.5. The molecule has 1 aromatic heterocycles. The fourth-order valence-electron chi connectivity index (χ4n) is 9.54. The Morgan fingerprint density at radius 3 is 2.49 bits per heavy atom. The van der Waals surface area contributed by atoms with Crippen molar-refractivity contribution in [1.82, 2.24) is 20.2 Å². The van der Waals surface area contributed by atoms with Gasteiger partial charge in [-0.1, -0.05) is 25.8 Å². The third-order valence-electron chi connectivity index (χ3n) is 12.3. The number of piperazine rings is 1. The van der Waals surface area contributed by atoms with Crippen molar-refractivity contribution in [3.63, 3.8) is 0 Å². The summed E-state index contributed by atoms with van der Waals surface area (Å²) in [6, 6.07) is 8.65. The highest BCUT2D eigenvalue weighted by molar-refractivity contribution is 6.05. The van der Waals surface area contributed by atoms with Crippen molar-refractivity contribution in [2.75, 3.05) is 51.3 Å². The number of terminal acetylenes is 1. The Bertz CT molecular complexity index is 2080. The van der Waals surface area contributed by atoms with Gasteiger partial charge in [0.1, 0.15) is 22.9 Å². The molecule has 0 radical (unpaired) electrons. The van der Waals surface area contributed by atoms with Crippen molar-refractivity contribution >= 4 is 27.5 Å². The Kier molecular flexibility index (Phi) is 7.73. The molecule has 10 heteroatoms. The monoisotopic (exact) mass is 693 g/mol. The van der Waals surface area contributed by atoms with E-state index in [2.05, 4.69) is 21.0 Å². The first-order valence-electron chi connectivity index (χ1n) is 18.4. The van der Waals surface area contributed by atoms with Gasteiger partial charge >= 0.3 is 6.01 Å². The summed E-state index contributed by atoms with van der Waals surface area (Å²) in [6.45, 7) is 9.17. The zero-order valence-electron chi connectivity index (χ0n) is 29.6. The van der Waals surface area contributed by atoms with Gasteiger partial charge in [-0.05, 0) is 85.2 Å². The molecular weight excluding hydrogens is 648 g/mol. The van der Waals surface area contributed by atoms with Gasteiger partial charge in [-0.15, -0.1) is 6.42 Å². The van der Waals surface area contributed by atoms with E-state index < -0.39 is 11.6 Å². The topological polar surface area (TPSA) is 83.0 Å². The van der Waals surface area contributed by atoms with E-state index in [1.54, 1.807) is 13.2 Å². The van der Waals surface area contributed by atoms with Crippen molar-refractivity contribution < 1.29 is 23.4 Å². The van der Waals surface area contributed by atoms with Gasteiger partial charge in [0.05, 0.1) is 18.3 Å². The molecule has 4 heterocycles. The number of aromatic hydroxyl groups is 1. The van der Waals surface area contributed by atoms with Crippen LogP contribution in [-0.4, -0.2) is 84.6 Å². The van der Waals surface area contributed by atoms with E-state index in [-0.39, 0.29) is 39.7 Å². The van der Waals surface area contributed by atoms with Gasteiger partial charge in [0, 0.05) is 79.1 Å². The van der Waals surface area contributed by atoms with Crippen LogP contribution < -0.4 is 15.0 Å². The van der Waals surface area contributed by atoms with E-state index >= 15 is 8.78 Å².